The van der Waals surface area contributed by atoms with Crippen molar-refractivity contribution in [1.29, 1.82) is 0 Å². The summed E-state index contributed by atoms with van der Waals surface area (Å²) in [6.45, 7) is 5.06. The van der Waals surface area contributed by atoms with Gasteiger partial charge in [-0.3, -0.25) is 10.00 Å². The predicted octanol–water partition coefficient (Wildman–Crippen LogP) is 1.67. The number of hydrogen-bond acceptors (Lipinski definition) is 4. The van der Waals surface area contributed by atoms with Gasteiger partial charge in [-0.05, 0) is 45.1 Å². The number of sulfonamides is 1. The smallest absolute Gasteiger partial charge is 0.214 e. The predicted molar refractivity (Wildman–Crippen MR) is 86.3 cm³/mol. The molecule has 0 radical (unpaired) electrons. The summed E-state index contributed by atoms with van der Waals surface area (Å²) in [4.78, 5) is 2.31. The zero-order valence-electron chi connectivity index (χ0n) is 12.8. The molecular weight excluding hydrogens is 324 g/mol. The largest absolute Gasteiger partial charge is 0.297 e. The quantitative estimate of drug-likeness (QED) is 0.821. The molecule has 3 rings (SSSR count). The van der Waals surface area contributed by atoms with Gasteiger partial charge >= 0.3 is 0 Å². The van der Waals surface area contributed by atoms with Crippen LogP contribution in [0, 0.1) is 12.8 Å². The number of piperidine rings is 1. The van der Waals surface area contributed by atoms with Crippen LogP contribution in [0.3, 0.4) is 0 Å². The van der Waals surface area contributed by atoms with E-state index in [1.165, 1.54) is 0 Å². The third-order valence-corrected chi connectivity index (χ3v) is 6.87. The van der Waals surface area contributed by atoms with E-state index in [2.05, 4.69) is 19.8 Å². The Morgan fingerprint density at radius 3 is 2.82 bits per heavy atom. The minimum absolute atomic E-state index is 0.141. The monoisotopic (exact) mass is 346 g/mol. The van der Waals surface area contributed by atoms with Crippen LogP contribution >= 0.6 is 11.6 Å². The molecule has 1 saturated carbocycles. The SMILES string of the molecule is Cc1[nH]nc(CN2CCC[C@@H](CNS(=O)(=O)C3CC3)C2)c1Cl. The fraction of sp³-hybridized carbons (Fsp3) is 0.786. The number of nitrogens with one attached hydrogen (secondary N) is 2. The lowest BCUT2D eigenvalue weighted by Gasteiger charge is -2.32. The molecule has 8 heteroatoms. The van der Waals surface area contributed by atoms with Gasteiger partial charge in [0.1, 0.15) is 0 Å². The molecule has 0 spiro atoms. The van der Waals surface area contributed by atoms with Crippen LogP contribution in [0.2, 0.25) is 5.02 Å². The topological polar surface area (TPSA) is 78.1 Å². The van der Waals surface area contributed by atoms with Crippen LogP contribution in [-0.2, 0) is 16.6 Å². The molecule has 2 aliphatic rings. The Bertz CT molecular complexity index is 627. The Labute approximate surface area is 136 Å². The highest BCUT2D eigenvalue weighted by molar-refractivity contribution is 7.90. The normalized spacial score (nSPS) is 23.8. The Morgan fingerprint density at radius 2 is 2.18 bits per heavy atom. The van der Waals surface area contributed by atoms with Crippen molar-refractivity contribution >= 4 is 21.6 Å². The minimum Gasteiger partial charge on any atom is -0.297 e. The van der Waals surface area contributed by atoms with Crippen molar-refractivity contribution in [3.05, 3.63) is 16.4 Å². The van der Waals surface area contributed by atoms with Crippen molar-refractivity contribution in [3.8, 4) is 0 Å². The van der Waals surface area contributed by atoms with Crippen LogP contribution in [0.5, 0.6) is 0 Å². The summed E-state index contributed by atoms with van der Waals surface area (Å²) in [6, 6.07) is 0. The summed E-state index contributed by atoms with van der Waals surface area (Å²) in [6.07, 6.45) is 3.76. The van der Waals surface area contributed by atoms with Crippen molar-refractivity contribution in [3.63, 3.8) is 0 Å². The number of hydrogen-bond donors (Lipinski definition) is 2. The van der Waals surface area contributed by atoms with Crippen molar-refractivity contribution in [1.82, 2.24) is 19.8 Å². The highest BCUT2D eigenvalue weighted by Gasteiger charge is 2.36. The van der Waals surface area contributed by atoms with E-state index in [-0.39, 0.29) is 5.25 Å². The lowest BCUT2D eigenvalue weighted by molar-refractivity contribution is 0.167. The molecule has 1 atom stereocenters. The molecule has 2 heterocycles. The van der Waals surface area contributed by atoms with Crippen LogP contribution in [0.15, 0.2) is 0 Å². The first-order valence-corrected chi connectivity index (χ1v) is 9.78. The molecule has 1 saturated heterocycles. The Morgan fingerprint density at radius 1 is 1.41 bits per heavy atom. The second-order valence-electron chi connectivity index (χ2n) is 6.45. The third-order valence-electron chi connectivity index (χ3n) is 4.45. The summed E-state index contributed by atoms with van der Waals surface area (Å²) in [5, 5.41) is 7.71. The first-order valence-electron chi connectivity index (χ1n) is 7.86. The summed E-state index contributed by atoms with van der Waals surface area (Å²) in [7, 11) is -3.07. The van der Waals surface area contributed by atoms with Crippen LogP contribution < -0.4 is 4.72 Å². The number of aromatic amines is 1. The molecule has 0 unspecified atom stereocenters. The van der Waals surface area contributed by atoms with Gasteiger partial charge in [0.25, 0.3) is 0 Å². The molecule has 2 N–H and O–H groups in total. The van der Waals surface area contributed by atoms with Gasteiger partial charge in [0, 0.05) is 19.6 Å². The van der Waals surface area contributed by atoms with Crippen molar-refractivity contribution in [2.75, 3.05) is 19.6 Å². The zero-order valence-corrected chi connectivity index (χ0v) is 14.4. The van der Waals surface area contributed by atoms with E-state index in [0.29, 0.717) is 17.5 Å². The van der Waals surface area contributed by atoms with E-state index in [9.17, 15) is 8.42 Å². The number of halogens is 1. The fourth-order valence-corrected chi connectivity index (χ4v) is 4.58. The van der Waals surface area contributed by atoms with Crippen LogP contribution in [-0.4, -0.2) is 48.4 Å². The maximum Gasteiger partial charge on any atom is 0.214 e. The van der Waals surface area contributed by atoms with Gasteiger partial charge in [-0.25, -0.2) is 13.1 Å². The molecule has 6 nitrogen and oxygen atoms in total. The van der Waals surface area contributed by atoms with Crippen LogP contribution in [0.4, 0.5) is 0 Å². The van der Waals surface area contributed by atoms with Gasteiger partial charge in [0.15, 0.2) is 0 Å². The average Bonchev–Trinajstić information content (AvgIpc) is 3.30. The molecule has 0 amide bonds. The van der Waals surface area contributed by atoms with E-state index in [1.807, 2.05) is 6.92 Å². The Hall–Kier alpha value is -0.630. The number of likely N-dealkylation sites (tertiary alicyclic amines) is 1. The zero-order chi connectivity index (χ0) is 15.7. The lowest BCUT2D eigenvalue weighted by atomic mass is 9.98. The van der Waals surface area contributed by atoms with Gasteiger partial charge in [-0.15, -0.1) is 0 Å². The second kappa shape index (κ2) is 6.47. The van der Waals surface area contributed by atoms with E-state index in [4.69, 9.17) is 11.6 Å². The van der Waals surface area contributed by atoms with E-state index in [1.54, 1.807) is 0 Å². The van der Waals surface area contributed by atoms with E-state index < -0.39 is 10.0 Å². The van der Waals surface area contributed by atoms with Crippen molar-refractivity contribution in [2.24, 2.45) is 5.92 Å². The molecule has 1 aliphatic heterocycles. The lowest BCUT2D eigenvalue weighted by Crippen LogP contribution is -2.41. The van der Waals surface area contributed by atoms with Crippen LogP contribution in [0.1, 0.15) is 37.1 Å². The highest BCUT2D eigenvalue weighted by atomic mass is 35.5. The fourth-order valence-electron chi connectivity index (χ4n) is 2.97. The van der Waals surface area contributed by atoms with Gasteiger partial charge in [-0.2, -0.15) is 5.10 Å². The summed E-state index contributed by atoms with van der Waals surface area (Å²) >= 11 is 6.22. The van der Waals surface area contributed by atoms with Gasteiger partial charge in [-0.1, -0.05) is 11.6 Å². The van der Waals surface area contributed by atoms with Crippen molar-refractivity contribution in [2.45, 2.75) is 44.4 Å². The third kappa shape index (κ3) is 3.82. The molecule has 1 aliphatic carbocycles. The maximum absolute atomic E-state index is 11.9. The second-order valence-corrected chi connectivity index (χ2v) is 8.87. The summed E-state index contributed by atoms with van der Waals surface area (Å²) < 4.78 is 26.6. The van der Waals surface area contributed by atoms with E-state index in [0.717, 1.165) is 56.7 Å². The van der Waals surface area contributed by atoms with E-state index >= 15 is 0 Å². The molecule has 0 bridgehead atoms. The van der Waals surface area contributed by atoms with Gasteiger partial charge in [0.2, 0.25) is 10.0 Å². The Kier molecular flexibility index (Phi) is 4.77. The maximum atomic E-state index is 11.9. The molecular formula is C14H23ClN4O2S. The molecule has 1 aromatic heterocycles. The first-order chi connectivity index (χ1) is 10.5. The number of nitrogens with zero attached hydrogens (tertiary/aromatic N) is 2. The molecule has 2 fully saturated rings. The summed E-state index contributed by atoms with van der Waals surface area (Å²) in [5.74, 6) is 0.362. The first kappa shape index (κ1) is 16.2. The average molecular weight is 347 g/mol. The number of aromatic nitrogens is 2. The van der Waals surface area contributed by atoms with Crippen LogP contribution in [0.25, 0.3) is 0 Å². The van der Waals surface area contributed by atoms with Gasteiger partial charge < -0.3 is 0 Å². The summed E-state index contributed by atoms with van der Waals surface area (Å²) in [5.41, 5.74) is 1.76. The number of H-pyrrole nitrogens is 1. The Balaban J connectivity index is 1.52. The molecule has 124 valence electrons. The van der Waals surface area contributed by atoms with Gasteiger partial charge in [0.05, 0.1) is 21.7 Å². The minimum atomic E-state index is -3.07. The van der Waals surface area contributed by atoms with Crippen molar-refractivity contribution < 1.29 is 8.42 Å². The number of rotatable bonds is 6. The molecule has 0 aromatic carbocycles. The highest BCUT2D eigenvalue weighted by Crippen LogP contribution is 2.28. The molecule has 1 aromatic rings. The molecule has 22 heavy (non-hydrogen) atoms. The number of aryl methyl sites for hydroxylation is 1. The standard InChI is InChI=1S/C14H23ClN4O2S/c1-10-14(15)13(18-17-10)9-19-6-2-3-11(8-19)7-16-22(20,21)12-4-5-12/h11-12,16H,2-9H2,1H3,(H,17,18)/t11-/m0/s1.